The second-order valence-electron chi connectivity index (χ2n) is 2.81. The molecule has 0 N–H and O–H groups in total. The van der Waals surface area contributed by atoms with Crippen LogP contribution in [0.3, 0.4) is 0 Å². The summed E-state index contributed by atoms with van der Waals surface area (Å²) >= 11 is 0. The van der Waals surface area contributed by atoms with Crippen molar-refractivity contribution >= 4 is 11.9 Å². The highest BCUT2D eigenvalue weighted by Crippen LogP contribution is 2.09. The fraction of sp³-hybridized carbons (Fsp3) is 0.778. The molecule has 0 saturated heterocycles. The quantitative estimate of drug-likeness (QED) is 0.285. The molecule has 0 saturated carbocycles. The Morgan fingerprint density at radius 1 is 1.24 bits per heavy atom. The first-order valence-electron chi connectivity index (χ1n) is 5.02. The van der Waals surface area contributed by atoms with Crippen molar-refractivity contribution in [1.82, 2.24) is 0 Å². The monoisotopic (exact) mass is 245 g/mol. The Morgan fingerprint density at radius 2 is 1.76 bits per heavy atom. The van der Waals surface area contributed by atoms with Crippen LogP contribution in [0.5, 0.6) is 0 Å². The molecular weight excluding hydrogens is 230 g/mol. The summed E-state index contributed by atoms with van der Waals surface area (Å²) < 4.78 is 14.2. The van der Waals surface area contributed by atoms with Crippen LogP contribution in [0.15, 0.2) is 5.11 Å². The Labute approximate surface area is 98.5 Å². The van der Waals surface area contributed by atoms with Gasteiger partial charge in [0.15, 0.2) is 12.1 Å². The lowest BCUT2D eigenvalue weighted by Gasteiger charge is -2.18. The zero-order valence-electron chi connectivity index (χ0n) is 9.95. The molecule has 0 radical (unpaired) electrons. The highest BCUT2D eigenvalue weighted by Gasteiger charge is 2.35. The number of methoxy groups -OCH3 is 1. The van der Waals surface area contributed by atoms with Gasteiger partial charge < -0.3 is 14.2 Å². The van der Waals surface area contributed by atoms with E-state index in [0.717, 1.165) is 0 Å². The molecule has 0 spiro atoms. The second-order valence-corrected chi connectivity index (χ2v) is 2.81. The largest absolute Gasteiger partial charge is 0.466 e. The molecule has 0 aliphatic heterocycles. The first-order chi connectivity index (χ1) is 8.12. The molecule has 0 aromatic carbocycles. The number of carbonyl (C=O) groups is 2. The maximum absolute atomic E-state index is 11.5. The van der Waals surface area contributed by atoms with Crippen LogP contribution in [0.1, 0.15) is 13.8 Å². The Balaban J connectivity index is 4.92. The molecule has 17 heavy (non-hydrogen) atoms. The third kappa shape index (κ3) is 4.71. The summed E-state index contributed by atoms with van der Waals surface area (Å²) in [5.41, 5.74) is 8.35. The lowest BCUT2D eigenvalue weighted by atomic mass is 10.2. The second kappa shape index (κ2) is 8.37. The van der Waals surface area contributed by atoms with Crippen LogP contribution in [-0.2, 0) is 23.8 Å². The zero-order valence-corrected chi connectivity index (χ0v) is 9.95. The third-order valence-corrected chi connectivity index (χ3v) is 1.76. The average molecular weight is 245 g/mol. The van der Waals surface area contributed by atoms with Gasteiger partial charge in [-0.05, 0) is 19.4 Å². The van der Waals surface area contributed by atoms with E-state index in [1.807, 2.05) is 0 Å². The van der Waals surface area contributed by atoms with E-state index >= 15 is 0 Å². The summed E-state index contributed by atoms with van der Waals surface area (Å²) in [6.45, 7) is 3.44. The molecule has 0 aliphatic carbocycles. The van der Waals surface area contributed by atoms with Crippen LogP contribution in [0.4, 0.5) is 0 Å². The van der Waals surface area contributed by atoms with E-state index in [9.17, 15) is 9.59 Å². The number of carbonyl (C=O) groups excluding carboxylic acids is 2. The molecule has 96 valence electrons. The van der Waals surface area contributed by atoms with Gasteiger partial charge in [0.25, 0.3) is 0 Å². The number of rotatable bonds is 7. The summed E-state index contributed by atoms with van der Waals surface area (Å²) in [5, 5.41) is 3.20. The normalized spacial score (nSPS) is 13.1. The predicted octanol–water partition coefficient (Wildman–Crippen LogP) is 0.806. The zero-order chi connectivity index (χ0) is 13.3. The average Bonchev–Trinajstić information content (AvgIpc) is 2.29. The van der Waals surface area contributed by atoms with Gasteiger partial charge in [-0.2, -0.15) is 0 Å². The highest BCUT2D eigenvalue weighted by atomic mass is 16.6. The van der Waals surface area contributed by atoms with E-state index in [-0.39, 0.29) is 13.2 Å². The summed E-state index contributed by atoms with van der Waals surface area (Å²) in [7, 11) is 1.21. The van der Waals surface area contributed by atoms with Gasteiger partial charge in [0.2, 0.25) is 0 Å². The maximum atomic E-state index is 11.5. The first kappa shape index (κ1) is 15.2. The van der Waals surface area contributed by atoms with Crippen molar-refractivity contribution in [3.63, 3.8) is 0 Å². The minimum Gasteiger partial charge on any atom is -0.466 e. The van der Waals surface area contributed by atoms with Crippen molar-refractivity contribution in [2.75, 3.05) is 20.3 Å². The van der Waals surface area contributed by atoms with E-state index in [1.54, 1.807) is 13.8 Å². The van der Waals surface area contributed by atoms with Gasteiger partial charge in [0.05, 0.1) is 13.2 Å². The molecular formula is C9H15N3O5. The summed E-state index contributed by atoms with van der Waals surface area (Å²) in [6.07, 6.45) is -1.30. The van der Waals surface area contributed by atoms with Crippen molar-refractivity contribution in [3.8, 4) is 0 Å². The van der Waals surface area contributed by atoms with Gasteiger partial charge in [-0.3, -0.25) is 4.79 Å². The van der Waals surface area contributed by atoms with Crippen LogP contribution in [-0.4, -0.2) is 44.4 Å². The molecule has 0 rings (SSSR count). The van der Waals surface area contributed by atoms with Crippen molar-refractivity contribution in [2.45, 2.75) is 26.0 Å². The van der Waals surface area contributed by atoms with Gasteiger partial charge in [0.1, 0.15) is 0 Å². The molecule has 0 aliphatic rings. The molecule has 8 nitrogen and oxygen atoms in total. The number of hydrogen-bond acceptors (Lipinski definition) is 6. The van der Waals surface area contributed by atoms with Crippen molar-refractivity contribution in [2.24, 2.45) is 5.11 Å². The standard InChI is InChI=1S/C9H15N3O5/c1-4-16-8(13)6(11-12-10)7(15-3)9(14)17-5-2/h6-7H,4-5H2,1-3H3/t6-,7+/m0/s1. The fourth-order valence-corrected chi connectivity index (χ4v) is 1.09. The van der Waals surface area contributed by atoms with Gasteiger partial charge in [0, 0.05) is 12.0 Å². The summed E-state index contributed by atoms with van der Waals surface area (Å²) in [4.78, 5) is 25.4. The van der Waals surface area contributed by atoms with Crippen molar-refractivity contribution < 1.29 is 23.8 Å². The lowest BCUT2D eigenvalue weighted by molar-refractivity contribution is -0.163. The van der Waals surface area contributed by atoms with Gasteiger partial charge in [-0.1, -0.05) is 5.11 Å². The molecule has 0 bridgehead atoms. The molecule has 8 heteroatoms. The smallest absolute Gasteiger partial charge is 0.336 e. The van der Waals surface area contributed by atoms with Crippen LogP contribution in [0.2, 0.25) is 0 Å². The van der Waals surface area contributed by atoms with E-state index < -0.39 is 24.1 Å². The Bertz CT molecular complexity index is 314. The lowest BCUT2D eigenvalue weighted by Crippen LogP contribution is -2.41. The van der Waals surface area contributed by atoms with Crippen LogP contribution >= 0.6 is 0 Å². The summed E-state index contributed by atoms with van der Waals surface area (Å²) in [5.74, 6) is -1.61. The van der Waals surface area contributed by atoms with Gasteiger partial charge >= 0.3 is 11.9 Å². The summed E-state index contributed by atoms with van der Waals surface area (Å²) in [6, 6.07) is -1.39. The number of hydrogen-bond donors (Lipinski definition) is 0. The molecule has 0 amide bonds. The number of ether oxygens (including phenoxy) is 3. The Hall–Kier alpha value is -1.79. The van der Waals surface area contributed by atoms with Gasteiger partial charge in [-0.25, -0.2) is 4.79 Å². The van der Waals surface area contributed by atoms with Crippen molar-refractivity contribution in [3.05, 3.63) is 10.4 Å². The molecule has 0 fully saturated rings. The van der Waals surface area contributed by atoms with Crippen molar-refractivity contribution in [1.29, 1.82) is 0 Å². The molecule has 0 aromatic heterocycles. The van der Waals surface area contributed by atoms with Gasteiger partial charge in [-0.15, -0.1) is 0 Å². The van der Waals surface area contributed by atoms with E-state index in [2.05, 4.69) is 14.8 Å². The molecule has 0 unspecified atom stereocenters. The highest BCUT2D eigenvalue weighted by molar-refractivity contribution is 5.86. The topological polar surface area (TPSA) is 111 Å². The molecule has 0 aromatic rings. The SMILES string of the molecule is CCOC(=O)[C@@H](N=[N+]=[N-])[C@@H](OC)C(=O)OCC. The van der Waals surface area contributed by atoms with Crippen LogP contribution in [0.25, 0.3) is 10.4 Å². The fourth-order valence-electron chi connectivity index (χ4n) is 1.09. The van der Waals surface area contributed by atoms with Crippen LogP contribution in [0, 0.1) is 0 Å². The minimum absolute atomic E-state index is 0.107. The maximum Gasteiger partial charge on any atom is 0.336 e. The third-order valence-electron chi connectivity index (χ3n) is 1.76. The Morgan fingerprint density at radius 3 is 2.18 bits per heavy atom. The molecule has 2 atom stereocenters. The predicted molar refractivity (Wildman–Crippen MR) is 57.0 cm³/mol. The number of azide groups is 1. The molecule has 0 heterocycles. The van der Waals surface area contributed by atoms with Crippen LogP contribution < -0.4 is 0 Å². The van der Waals surface area contributed by atoms with E-state index in [1.165, 1.54) is 7.11 Å². The number of esters is 2. The van der Waals surface area contributed by atoms with E-state index in [4.69, 9.17) is 15.0 Å². The minimum atomic E-state index is -1.39. The Kier molecular flexibility index (Phi) is 7.49. The number of nitrogens with zero attached hydrogens (tertiary/aromatic N) is 3. The van der Waals surface area contributed by atoms with E-state index in [0.29, 0.717) is 0 Å². The first-order valence-corrected chi connectivity index (χ1v) is 5.02.